The lowest BCUT2D eigenvalue weighted by atomic mass is 9.90. The van der Waals surface area contributed by atoms with Gasteiger partial charge in [0.25, 0.3) is 0 Å². The van der Waals surface area contributed by atoms with Crippen LogP contribution in [-0.2, 0) is 15.6 Å². The lowest BCUT2D eigenvalue weighted by molar-refractivity contribution is -0.112. The van der Waals surface area contributed by atoms with Gasteiger partial charge in [0.1, 0.15) is 5.60 Å². The van der Waals surface area contributed by atoms with Gasteiger partial charge < -0.3 is 5.11 Å². The second kappa shape index (κ2) is 5.46. The standard InChI is InChI=1S/C16H18O3S/c1-11-4-6-14(7-5-11)20(19)10-16(18)8-12(2)15(17)13(3)9-16/h4-9,18H,10H2,1-3H3. The Kier molecular flexibility index (Phi) is 4.06. The van der Waals surface area contributed by atoms with E-state index in [1.165, 1.54) is 12.2 Å². The van der Waals surface area contributed by atoms with Crippen LogP contribution < -0.4 is 0 Å². The van der Waals surface area contributed by atoms with Crippen molar-refractivity contribution in [1.29, 1.82) is 0 Å². The Morgan fingerprint density at radius 1 is 1.05 bits per heavy atom. The topological polar surface area (TPSA) is 54.4 Å². The fraction of sp³-hybridized carbons (Fsp3) is 0.312. The number of carbonyl (C=O) groups is 1. The summed E-state index contributed by atoms with van der Waals surface area (Å²) >= 11 is 0. The van der Waals surface area contributed by atoms with Gasteiger partial charge in [-0.2, -0.15) is 0 Å². The zero-order valence-corrected chi connectivity index (χ0v) is 12.7. The van der Waals surface area contributed by atoms with Gasteiger partial charge in [-0.15, -0.1) is 0 Å². The summed E-state index contributed by atoms with van der Waals surface area (Å²) in [6, 6.07) is 7.39. The van der Waals surface area contributed by atoms with Crippen molar-refractivity contribution in [3.8, 4) is 0 Å². The summed E-state index contributed by atoms with van der Waals surface area (Å²) < 4.78 is 12.3. The van der Waals surface area contributed by atoms with Crippen LogP contribution in [-0.4, -0.2) is 26.5 Å². The molecule has 1 aromatic carbocycles. The lowest BCUT2D eigenvalue weighted by Crippen LogP contribution is -2.35. The molecule has 0 saturated heterocycles. The third-order valence-corrected chi connectivity index (χ3v) is 4.82. The number of carbonyl (C=O) groups excluding carboxylic acids is 1. The molecule has 2 rings (SSSR count). The third-order valence-electron chi connectivity index (χ3n) is 3.30. The second-order valence-electron chi connectivity index (χ2n) is 5.28. The maximum atomic E-state index is 12.3. The average molecular weight is 290 g/mol. The molecule has 0 radical (unpaired) electrons. The SMILES string of the molecule is CC1=CC(O)(CS(=O)c2ccc(C)cc2)C=C(C)C1=O. The summed E-state index contributed by atoms with van der Waals surface area (Å²) in [6.07, 6.45) is 2.99. The smallest absolute Gasteiger partial charge is 0.184 e. The van der Waals surface area contributed by atoms with Gasteiger partial charge in [-0.3, -0.25) is 9.00 Å². The molecule has 1 aliphatic rings. The molecule has 0 amide bonds. The van der Waals surface area contributed by atoms with Gasteiger partial charge in [0.15, 0.2) is 5.78 Å². The van der Waals surface area contributed by atoms with Crippen molar-refractivity contribution in [3.05, 3.63) is 53.1 Å². The quantitative estimate of drug-likeness (QED) is 0.929. The van der Waals surface area contributed by atoms with E-state index < -0.39 is 16.4 Å². The van der Waals surface area contributed by atoms with Crippen molar-refractivity contribution in [3.63, 3.8) is 0 Å². The maximum absolute atomic E-state index is 12.3. The first-order valence-electron chi connectivity index (χ1n) is 6.42. The molecule has 3 nitrogen and oxygen atoms in total. The lowest BCUT2D eigenvalue weighted by Gasteiger charge is -2.25. The molecule has 1 aliphatic carbocycles. The summed E-state index contributed by atoms with van der Waals surface area (Å²) in [5.74, 6) is -0.0197. The minimum absolute atomic E-state index is 0.0536. The molecule has 106 valence electrons. The number of aryl methyl sites for hydroxylation is 1. The van der Waals surface area contributed by atoms with Crippen LogP contribution >= 0.6 is 0 Å². The van der Waals surface area contributed by atoms with E-state index in [9.17, 15) is 14.1 Å². The minimum atomic E-state index is -1.32. The van der Waals surface area contributed by atoms with E-state index in [1.54, 1.807) is 26.0 Å². The van der Waals surface area contributed by atoms with Crippen molar-refractivity contribution in [2.45, 2.75) is 31.3 Å². The Morgan fingerprint density at radius 2 is 1.55 bits per heavy atom. The molecule has 0 fully saturated rings. The fourth-order valence-corrected chi connectivity index (χ4v) is 3.49. The van der Waals surface area contributed by atoms with Crippen molar-refractivity contribution in [1.82, 2.24) is 0 Å². The maximum Gasteiger partial charge on any atom is 0.184 e. The van der Waals surface area contributed by atoms with Crippen LogP contribution in [0, 0.1) is 6.92 Å². The van der Waals surface area contributed by atoms with Gasteiger partial charge in [0.2, 0.25) is 0 Å². The predicted molar refractivity (Wildman–Crippen MR) is 79.9 cm³/mol. The van der Waals surface area contributed by atoms with Gasteiger partial charge in [-0.1, -0.05) is 17.7 Å². The summed E-state index contributed by atoms with van der Waals surface area (Å²) in [7, 11) is -1.32. The first kappa shape index (κ1) is 14.9. The van der Waals surface area contributed by atoms with E-state index in [0.29, 0.717) is 16.0 Å². The molecule has 1 atom stereocenters. The highest BCUT2D eigenvalue weighted by atomic mass is 32.2. The van der Waals surface area contributed by atoms with Gasteiger partial charge in [-0.25, -0.2) is 0 Å². The zero-order chi connectivity index (χ0) is 14.9. The van der Waals surface area contributed by atoms with Crippen LogP contribution in [0.5, 0.6) is 0 Å². The number of aliphatic hydroxyl groups is 1. The summed E-state index contributed by atoms with van der Waals surface area (Å²) in [6.45, 7) is 5.29. The van der Waals surface area contributed by atoms with Crippen LogP contribution in [0.1, 0.15) is 19.4 Å². The predicted octanol–water partition coefficient (Wildman–Crippen LogP) is 2.31. The van der Waals surface area contributed by atoms with Crippen LogP contribution in [0.2, 0.25) is 0 Å². The number of ketones is 1. The van der Waals surface area contributed by atoms with E-state index in [-0.39, 0.29) is 11.5 Å². The summed E-state index contributed by atoms with van der Waals surface area (Å²) in [5, 5.41) is 10.5. The Morgan fingerprint density at radius 3 is 2.05 bits per heavy atom. The molecule has 1 unspecified atom stereocenters. The van der Waals surface area contributed by atoms with Gasteiger partial charge >= 0.3 is 0 Å². The molecule has 0 bridgehead atoms. The first-order valence-corrected chi connectivity index (χ1v) is 7.74. The number of benzene rings is 1. The molecule has 0 heterocycles. The Bertz CT molecular complexity index is 602. The third kappa shape index (κ3) is 3.14. The normalized spacial score (nSPS) is 19.3. The average Bonchev–Trinajstić information content (AvgIpc) is 2.36. The van der Waals surface area contributed by atoms with Crippen molar-refractivity contribution in [2.75, 3.05) is 5.75 Å². The van der Waals surface area contributed by atoms with Gasteiger partial charge in [0, 0.05) is 4.90 Å². The van der Waals surface area contributed by atoms with E-state index in [2.05, 4.69) is 0 Å². The molecule has 20 heavy (non-hydrogen) atoms. The Labute approximate surface area is 121 Å². The first-order chi connectivity index (χ1) is 9.31. The van der Waals surface area contributed by atoms with Crippen molar-refractivity contribution < 1.29 is 14.1 Å². The van der Waals surface area contributed by atoms with E-state index >= 15 is 0 Å². The molecule has 0 spiro atoms. The molecule has 0 saturated carbocycles. The van der Waals surface area contributed by atoms with E-state index in [1.807, 2.05) is 19.1 Å². The highest BCUT2D eigenvalue weighted by Gasteiger charge is 2.31. The monoisotopic (exact) mass is 290 g/mol. The van der Waals surface area contributed by atoms with Crippen molar-refractivity contribution in [2.24, 2.45) is 0 Å². The van der Waals surface area contributed by atoms with E-state index in [0.717, 1.165) is 5.56 Å². The number of rotatable bonds is 3. The minimum Gasteiger partial charge on any atom is -0.381 e. The summed E-state index contributed by atoms with van der Waals surface area (Å²) in [4.78, 5) is 12.4. The number of Topliss-reactive ketones (excluding diaryl/α,β-unsaturated/α-hetero) is 1. The molecule has 1 aromatic rings. The van der Waals surface area contributed by atoms with Crippen LogP contribution in [0.3, 0.4) is 0 Å². The molecule has 4 heteroatoms. The Balaban J connectivity index is 2.23. The highest BCUT2D eigenvalue weighted by Crippen LogP contribution is 2.25. The summed E-state index contributed by atoms with van der Waals surface area (Å²) in [5.41, 5.74) is 0.763. The number of hydrogen-bond donors (Lipinski definition) is 1. The molecule has 1 N–H and O–H groups in total. The molecular weight excluding hydrogens is 272 g/mol. The molecule has 0 aliphatic heterocycles. The second-order valence-corrected chi connectivity index (χ2v) is 6.73. The van der Waals surface area contributed by atoms with E-state index in [4.69, 9.17) is 0 Å². The molecule has 0 aromatic heterocycles. The fourth-order valence-electron chi connectivity index (χ4n) is 2.30. The largest absolute Gasteiger partial charge is 0.381 e. The number of allylic oxidation sites excluding steroid dienone is 2. The van der Waals surface area contributed by atoms with Crippen molar-refractivity contribution >= 4 is 16.6 Å². The van der Waals surface area contributed by atoms with Gasteiger partial charge in [0.05, 0.1) is 16.6 Å². The Hall–Kier alpha value is -1.52. The van der Waals surface area contributed by atoms with Crippen LogP contribution in [0.4, 0.5) is 0 Å². The zero-order valence-electron chi connectivity index (χ0n) is 11.8. The van der Waals surface area contributed by atoms with Crippen LogP contribution in [0.25, 0.3) is 0 Å². The highest BCUT2D eigenvalue weighted by molar-refractivity contribution is 7.85. The number of hydrogen-bond acceptors (Lipinski definition) is 3. The van der Waals surface area contributed by atoms with Gasteiger partial charge in [-0.05, 0) is 56.2 Å². The van der Waals surface area contributed by atoms with Crippen LogP contribution in [0.15, 0.2) is 52.5 Å². The molecular formula is C16H18O3S.